The van der Waals surface area contributed by atoms with Crippen LogP contribution in [0.25, 0.3) is 0 Å². The molecule has 2 N–H and O–H groups in total. The van der Waals surface area contributed by atoms with E-state index in [4.69, 9.17) is 5.73 Å². The number of amides is 1. The molecule has 4 nitrogen and oxygen atoms in total. The third kappa shape index (κ3) is 4.30. The number of nitrogens with zero attached hydrogens (tertiary/aromatic N) is 2. The van der Waals surface area contributed by atoms with Gasteiger partial charge >= 0.3 is 0 Å². The second-order valence-corrected chi connectivity index (χ2v) is 6.00. The minimum Gasteiger partial charge on any atom is -0.343 e. The monoisotopic (exact) mass is 297 g/mol. The van der Waals surface area contributed by atoms with Crippen LogP contribution in [0.3, 0.4) is 0 Å². The number of hydrogen-bond acceptors (Lipinski definition) is 4. The summed E-state index contributed by atoms with van der Waals surface area (Å²) < 4.78 is 0. The normalized spacial score (nSPS) is 14.3. The topological polar surface area (TPSA) is 49.6 Å². The van der Waals surface area contributed by atoms with Gasteiger partial charge in [0.25, 0.3) is 0 Å². The Labute approximate surface area is 126 Å². The minimum absolute atomic E-state index is 0.0835. The van der Waals surface area contributed by atoms with E-state index >= 15 is 0 Å². The summed E-state index contributed by atoms with van der Waals surface area (Å²) in [6.07, 6.45) is 0.490. The molecule has 0 aliphatic carbocycles. The second-order valence-electron chi connectivity index (χ2n) is 5.02. The third-order valence-electron chi connectivity index (χ3n) is 3.94. The van der Waals surface area contributed by atoms with E-state index in [1.807, 2.05) is 18.7 Å². The average Bonchev–Trinajstić information content (AvgIpc) is 2.98. The first-order chi connectivity index (χ1) is 9.54. The van der Waals surface area contributed by atoms with Crippen molar-refractivity contribution in [1.29, 1.82) is 0 Å². The van der Waals surface area contributed by atoms with E-state index in [0.29, 0.717) is 13.0 Å². The molecule has 1 heterocycles. The number of thiophene rings is 1. The van der Waals surface area contributed by atoms with Gasteiger partial charge in [-0.3, -0.25) is 9.69 Å². The van der Waals surface area contributed by atoms with Gasteiger partial charge in [0.1, 0.15) is 0 Å². The highest BCUT2D eigenvalue weighted by Gasteiger charge is 2.24. The summed E-state index contributed by atoms with van der Waals surface area (Å²) in [7, 11) is 2.05. The minimum atomic E-state index is 0.0835. The van der Waals surface area contributed by atoms with Gasteiger partial charge in [0.2, 0.25) is 5.91 Å². The third-order valence-corrected chi connectivity index (χ3v) is 4.98. The first-order valence-electron chi connectivity index (χ1n) is 7.28. The molecule has 0 saturated heterocycles. The van der Waals surface area contributed by atoms with Crippen molar-refractivity contribution in [1.82, 2.24) is 9.80 Å². The van der Waals surface area contributed by atoms with Gasteiger partial charge in [0.15, 0.2) is 0 Å². The van der Waals surface area contributed by atoms with Gasteiger partial charge in [-0.15, -0.1) is 11.3 Å². The van der Waals surface area contributed by atoms with Crippen molar-refractivity contribution in [3.8, 4) is 0 Å². The van der Waals surface area contributed by atoms with Gasteiger partial charge in [-0.2, -0.15) is 0 Å². The van der Waals surface area contributed by atoms with Crippen molar-refractivity contribution in [3.05, 3.63) is 22.4 Å². The Morgan fingerprint density at radius 3 is 2.50 bits per heavy atom. The summed E-state index contributed by atoms with van der Waals surface area (Å²) in [4.78, 5) is 17.6. The molecule has 20 heavy (non-hydrogen) atoms. The van der Waals surface area contributed by atoms with E-state index in [1.54, 1.807) is 11.3 Å². The number of rotatable bonds is 8. The molecule has 1 rings (SSSR count). The zero-order valence-corrected chi connectivity index (χ0v) is 13.8. The lowest BCUT2D eigenvalue weighted by molar-refractivity contribution is -0.132. The van der Waals surface area contributed by atoms with Crippen molar-refractivity contribution in [3.63, 3.8) is 0 Å². The van der Waals surface area contributed by atoms with Crippen LogP contribution < -0.4 is 5.73 Å². The van der Waals surface area contributed by atoms with E-state index < -0.39 is 0 Å². The lowest BCUT2D eigenvalue weighted by atomic mass is 10.1. The standard InChI is InChI=1S/C15H27N3OS/c1-5-18(6-2)15(19)10-13(11-16)17(4)12(3)14-8-7-9-20-14/h7-9,12-13H,5-6,10-11,16H2,1-4H3. The molecule has 1 amide bonds. The van der Waals surface area contributed by atoms with Gasteiger partial charge in [0.05, 0.1) is 0 Å². The van der Waals surface area contributed by atoms with Crippen LogP contribution in [0.1, 0.15) is 38.1 Å². The SMILES string of the molecule is CCN(CC)C(=O)CC(CN)N(C)C(C)c1cccs1. The number of hydrogen-bond donors (Lipinski definition) is 1. The predicted octanol–water partition coefficient (Wildman–Crippen LogP) is 2.33. The van der Waals surface area contributed by atoms with Gasteiger partial charge in [-0.1, -0.05) is 6.07 Å². The van der Waals surface area contributed by atoms with E-state index in [1.165, 1.54) is 4.88 Å². The zero-order valence-electron chi connectivity index (χ0n) is 13.0. The molecule has 1 aromatic rings. The molecule has 0 aliphatic heterocycles. The maximum atomic E-state index is 12.2. The van der Waals surface area contributed by atoms with Crippen molar-refractivity contribution in [2.75, 3.05) is 26.7 Å². The Morgan fingerprint density at radius 2 is 2.05 bits per heavy atom. The van der Waals surface area contributed by atoms with Gasteiger partial charge in [-0.05, 0) is 39.3 Å². The highest BCUT2D eigenvalue weighted by molar-refractivity contribution is 7.10. The van der Waals surface area contributed by atoms with Crippen LogP contribution in [0.2, 0.25) is 0 Å². The molecular weight excluding hydrogens is 270 g/mol. The number of carbonyl (C=O) groups is 1. The maximum Gasteiger partial charge on any atom is 0.224 e. The number of carbonyl (C=O) groups excluding carboxylic acids is 1. The summed E-state index contributed by atoms with van der Waals surface area (Å²) in [5, 5.41) is 2.08. The molecule has 0 aliphatic rings. The fourth-order valence-electron chi connectivity index (χ4n) is 2.35. The van der Waals surface area contributed by atoms with Crippen molar-refractivity contribution in [2.45, 2.75) is 39.3 Å². The van der Waals surface area contributed by atoms with Crippen molar-refractivity contribution >= 4 is 17.2 Å². The Kier molecular flexibility index (Phi) is 7.19. The van der Waals surface area contributed by atoms with Crippen LogP contribution in [0, 0.1) is 0 Å². The van der Waals surface area contributed by atoms with E-state index in [-0.39, 0.29) is 18.0 Å². The molecule has 0 radical (unpaired) electrons. The van der Waals surface area contributed by atoms with Crippen molar-refractivity contribution in [2.24, 2.45) is 5.73 Å². The fourth-order valence-corrected chi connectivity index (χ4v) is 3.18. The predicted molar refractivity (Wildman–Crippen MR) is 85.9 cm³/mol. The van der Waals surface area contributed by atoms with Gasteiger partial charge in [-0.25, -0.2) is 0 Å². The lowest BCUT2D eigenvalue weighted by Crippen LogP contribution is -2.43. The Bertz CT molecular complexity index is 390. The van der Waals surface area contributed by atoms with Crippen LogP contribution in [-0.2, 0) is 4.79 Å². The van der Waals surface area contributed by atoms with Crippen molar-refractivity contribution < 1.29 is 4.79 Å². The molecule has 0 spiro atoms. The molecule has 0 fully saturated rings. The highest BCUT2D eigenvalue weighted by Crippen LogP contribution is 2.25. The highest BCUT2D eigenvalue weighted by atomic mass is 32.1. The Balaban J connectivity index is 2.67. The summed E-state index contributed by atoms with van der Waals surface area (Å²) in [5.41, 5.74) is 5.89. The van der Waals surface area contributed by atoms with Crippen LogP contribution >= 0.6 is 11.3 Å². The van der Waals surface area contributed by atoms with E-state index in [2.05, 4.69) is 36.4 Å². The smallest absolute Gasteiger partial charge is 0.224 e. The van der Waals surface area contributed by atoms with Crippen LogP contribution in [0.15, 0.2) is 17.5 Å². The summed E-state index contributed by atoms with van der Waals surface area (Å²) in [6, 6.07) is 4.56. The second kappa shape index (κ2) is 8.39. The molecule has 0 bridgehead atoms. The first-order valence-corrected chi connectivity index (χ1v) is 8.16. The number of likely N-dealkylation sites (N-methyl/N-ethyl adjacent to an activating group) is 1. The summed E-state index contributed by atoms with van der Waals surface area (Å²) in [6.45, 7) is 8.21. The lowest BCUT2D eigenvalue weighted by Gasteiger charge is -2.33. The molecule has 0 aromatic carbocycles. The van der Waals surface area contributed by atoms with E-state index in [0.717, 1.165) is 13.1 Å². The molecule has 2 atom stereocenters. The van der Waals surface area contributed by atoms with Crippen LogP contribution in [-0.4, -0.2) is 48.4 Å². The fraction of sp³-hybridized carbons (Fsp3) is 0.667. The van der Waals surface area contributed by atoms with Gasteiger partial charge < -0.3 is 10.6 Å². The van der Waals surface area contributed by atoms with Crippen LogP contribution in [0.4, 0.5) is 0 Å². The molecule has 2 unspecified atom stereocenters. The van der Waals surface area contributed by atoms with E-state index in [9.17, 15) is 4.79 Å². The van der Waals surface area contributed by atoms with Crippen LogP contribution in [0.5, 0.6) is 0 Å². The maximum absolute atomic E-state index is 12.2. The molecule has 114 valence electrons. The summed E-state index contributed by atoms with van der Waals surface area (Å²) >= 11 is 1.74. The Morgan fingerprint density at radius 1 is 1.40 bits per heavy atom. The average molecular weight is 297 g/mol. The molecule has 5 heteroatoms. The molecule has 0 saturated carbocycles. The molecule has 1 aromatic heterocycles. The van der Waals surface area contributed by atoms with Gasteiger partial charge in [0, 0.05) is 43.0 Å². The molecular formula is C15H27N3OS. The first kappa shape index (κ1) is 17.1. The Hall–Kier alpha value is -0.910. The summed E-state index contributed by atoms with van der Waals surface area (Å²) in [5.74, 6) is 0.190. The number of nitrogens with two attached hydrogens (primary N) is 1. The zero-order chi connectivity index (χ0) is 15.1. The largest absolute Gasteiger partial charge is 0.343 e. The quantitative estimate of drug-likeness (QED) is 0.801.